The molecule has 2 aromatic carbocycles. The highest BCUT2D eigenvalue weighted by atomic mass is 16.1. The number of nitrogens with zero attached hydrogens (tertiary/aromatic N) is 1. The largest absolute Gasteiger partial charge is 0.357 e. The summed E-state index contributed by atoms with van der Waals surface area (Å²) in [5.41, 5.74) is 3.23. The van der Waals surface area contributed by atoms with Crippen LogP contribution in [0.25, 0.3) is 0 Å². The van der Waals surface area contributed by atoms with E-state index in [-0.39, 0.29) is 5.91 Å². The summed E-state index contributed by atoms with van der Waals surface area (Å²) in [5.74, 6) is 0.693. The third-order valence-corrected chi connectivity index (χ3v) is 3.99. The van der Waals surface area contributed by atoms with Crippen LogP contribution in [0.15, 0.2) is 59.6 Å². The van der Waals surface area contributed by atoms with E-state index >= 15 is 0 Å². The maximum Gasteiger partial charge on any atom is 0.251 e. The second kappa shape index (κ2) is 10.9. The van der Waals surface area contributed by atoms with Crippen LogP contribution in [0.5, 0.6) is 0 Å². The van der Waals surface area contributed by atoms with Crippen LogP contribution in [0.4, 0.5) is 0 Å². The molecule has 3 N–H and O–H groups in total. The van der Waals surface area contributed by atoms with Gasteiger partial charge in [-0.3, -0.25) is 4.79 Å². The zero-order chi connectivity index (χ0) is 18.6. The summed E-state index contributed by atoms with van der Waals surface area (Å²) in [6, 6.07) is 17.6. The van der Waals surface area contributed by atoms with Crippen molar-refractivity contribution in [3.63, 3.8) is 0 Å². The number of guanidine groups is 1. The van der Waals surface area contributed by atoms with E-state index in [1.165, 1.54) is 11.1 Å². The lowest BCUT2D eigenvalue weighted by Crippen LogP contribution is -2.41. The highest BCUT2D eigenvalue weighted by Crippen LogP contribution is 2.10. The molecule has 0 radical (unpaired) electrons. The van der Waals surface area contributed by atoms with Gasteiger partial charge in [0.15, 0.2) is 5.96 Å². The molecular weight excluding hydrogens is 324 g/mol. The van der Waals surface area contributed by atoms with Crippen molar-refractivity contribution in [3.05, 3.63) is 71.3 Å². The molecule has 0 heterocycles. The first-order valence-corrected chi connectivity index (χ1v) is 9.16. The molecule has 0 saturated heterocycles. The summed E-state index contributed by atoms with van der Waals surface area (Å²) in [4.78, 5) is 16.7. The van der Waals surface area contributed by atoms with Crippen LogP contribution in [0.2, 0.25) is 0 Å². The Labute approximate surface area is 155 Å². The maximum absolute atomic E-state index is 12.0. The summed E-state index contributed by atoms with van der Waals surface area (Å²) in [6.07, 6.45) is 1.00. The Bertz CT molecular complexity index is 713. The van der Waals surface area contributed by atoms with E-state index in [0.29, 0.717) is 25.2 Å². The van der Waals surface area contributed by atoms with Crippen LogP contribution >= 0.6 is 0 Å². The SMILES string of the molecule is CCNC(=NCc1ccccc1CC)NCCNC(=O)c1ccccc1. The molecule has 0 fully saturated rings. The number of nitrogens with one attached hydrogen (secondary N) is 3. The van der Waals surface area contributed by atoms with E-state index in [9.17, 15) is 4.79 Å². The van der Waals surface area contributed by atoms with Crippen LogP contribution in [-0.4, -0.2) is 31.5 Å². The van der Waals surface area contributed by atoms with Crippen LogP contribution < -0.4 is 16.0 Å². The highest BCUT2D eigenvalue weighted by molar-refractivity contribution is 5.94. The van der Waals surface area contributed by atoms with E-state index < -0.39 is 0 Å². The van der Waals surface area contributed by atoms with Gasteiger partial charge in [0.1, 0.15) is 0 Å². The van der Waals surface area contributed by atoms with E-state index in [4.69, 9.17) is 0 Å². The average Bonchev–Trinajstić information content (AvgIpc) is 2.69. The Morgan fingerprint density at radius 1 is 0.846 bits per heavy atom. The smallest absolute Gasteiger partial charge is 0.251 e. The number of benzene rings is 2. The average molecular weight is 352 g/mol. The summed E-state index contributed by atoms with van der Waals surface area (Å²) >= 11 is 0. The van der Waals surface area contributed by atoms with Gasteiger partial charge in [0, 0.05) is 25.2 Å². The summed E-state index contributed by atoms with van der Waals surface area (Å²) in [7, 11) is 0. The summed E-state index contributed by atoms with van der Waals surface area (Å²) in [6.45, 7) is 6.76. The van der Waals surface area contributed by atoms with Crippen LogP contribution in [0.3, 0.4) is 0 Å². The lowest BCUT2D eigenvalue weighted by Gasteiger charge is -2.12. The van der Waals surface area contributed by atoms with Crippen molar-refractivity contribution in [2.45, 2.75) is 26.8 Å². The van der Waals surface area contributed by atoms with Crippen LogP contribution in [0, 0.1) is 0 Å². The van der Waals surface area contributed by atoms with Gasteiger partial charge in [0.05, 0.1) is 6.54 Å². The number of carbonyl (C=O) groups is 1. The minimum Gasteiger partial charge on any atom is -0.357 e. The Hall–Kier alpha value is -2.82. The molecule has 0 spiro atoms. The highest BCUT2D eigenvalue weighted by Gasteiger charge is 2.04. The predicted molar refractivity (Wildman–Crippen MR) is 107 cm³/mol. The molecule has 0 aliphatic heterocycles. The second-order valence-corrected chi connectivity index (χ2v) is 5.87. The van der Waals surface area contributed by atoms with Crippen molar-refractivity contribution < 1.29 is 4.79 Å². The molecule has 2 rings (SSSR count). The molecule has 0 atom stereocenters. The zero-order valence-corrected chi connectivity index (χ0v) is 15.6. The van der Waals surface area contributed by atoms with Crippen LogP contribution in [-0.2, 0) is 13.0 Å². The maximum atomic E-state index is 12.0. The van der Waals surface area contributed by atoms with E-state index in [0.717, 1.165) is 18.9 Å². The van der Waals surface area contributed by atoms with Gasteiger partial charge in [-0.1, -0.05) is 49.4 Å². The quantitative estimate of drug-likeness (QED) is 0.389. The van der Waals surface area contributed by atoms with Gasteiger partial charge in [-0.15, -0.1) is 0 Å². The number of amides is 1. The molecular formula is C21H28N4O. The molecule has 0 unspecified atom stereocenters. The van der Waals surface area contributed by atoms with Gasteiger partial charge in [-0.05, 0) is 36.6 Å². The molecule has 138 valence electrons. The number of carbonyl (C=O) groups excluding carboxylic acids is 1. The normalized spacial score (nSPS) is 11.1. The Morgan fingerprint density at radius 3 is 2.19 bits per heavy atom. The fourth-order valence-corrected chi connectivity index (χ4v) is 2.61. The van der Waals surface area contributed by atoms with E-state index in [2.05, 4.69) is 46.1 Å². The van der Waals surface area contributed by atoms with Crippen LogP contribution in [0.1, 0.15) is 35.3 Å². The molecule has 0 saturated carbocycles. The van der Waals surface area contributed by atoms with Crippen molar-refractivity contribution in [1.82, 2.24) is 16.0 Å². The van der Waals surface area contributed by atoms with Crippen molar-refractivity contribution in [2.75, 3.05) is 19.6 Å². The van der Waals surface area contributed by atoms with E-state index in [1.807, 2.05) is 31.2 Å². The third-order valence-electron chi connectivity index (χ3n) is 3.99. The van der Waals surface area contributed by atoms with Crippen molar-refractivity contribution in [3.8, 4) is 0 Å². The minimum absolute atomic E-state index is 0.0637. The Morgan fingerprint density at radius 2 is 1.50 bits per heavy atom. The fraction of sp³-hybridized carbons (Fsp3) is 0.333. The lowest BCUT2D eigenvalue weighted by atomic mass is 10.1. The van der Waals surface area contributed by atoms with Gasteiger partial charge in [0.2, 0.25) is 0 Å². The van der Waals surface area contributed by atoms with Gasteiger partial charge in [-0.25, -0.2) is 4.99 Å². The molecule has 0 aliphatic carbocycles. The number of hydrogen-bond donors (Lipinski definition) is 3. The van der Waals surface area contributed by atoms with Gasteiger partial charge < -0.3 is 16.0 Å². The lowest BCUT2D eigenvalue weighted by molar-refractivity contribution is 0.0954. The first-order valence-electron chi connectivity index (χ1n) is 9.16. The number of rotatable bonds is 8. The first-order chi connectivity index (χ1) is 12.7. The Kier molecular flexibility index (Phi) is 8.19. The number of hydrogen-bond acceptors (Lipinski definition) is 2. The van der Waals surface area contributed by atoms with Crippen molar-refractivity contribution in [1.29, 1.82) is 0 Å². The standard InChI is InChI=1S/C21H28N4O/c1-3-17-10-8-9-13-19(17)16-25-21(22-4-2)24-15-14-23-20(26)18-11-6-5-7-12-18/h5-13H,3-4,14-16H2,1-2H3,(H,23,26)(H2,22,24,25). The summed E-state index contributed by atoms with van der Waals surface area (Å²) < 4.78 is 0. The molecule has 5 heteroatoms. The Balaban J connectivity index is 1.83. The molecule has 26 heavy (non-hydrogen) atoms. The van der Waals surface area contributed by atoms with Gasteiger partial charge >= 0.3 is 0 Å². The van der Waals surface area contributed by atoms with Crippen molar-refractivity contribution in [2.24, 2.45) is 4.99 Å². The molecule has 1 amide bonds. The second-order valence-electron chi connectivity index (χ2n) is 5.87. The molecule has 0 aliphatic rings. The van der Waals surface area contributed by atoms with Gasteiger partial charge in [0.25, 0.3) is 5.91 Å². The minimum atomic E-state index is -0.0637. The number of aryl methyl sites for hydroxylation is 1. The van der Waals surface area contributed by atoms with Gasteiger partial charge in [-0.2, -0.15) is 0 Å². The molecule has 2 aromatic rings. The predicted octanol–water partition coefficient (Wildman–Crippen LogP) is 2.73. The zero-order valence-electron chi connectivity index (χ0n) is 15.6. The molecule has 0 aromatic heterocycles. The third kappa shape index (κ3) is 6.24. The topological polar surface area (TPSA) is 65.5 Å². The fourth-order valence-electron chi connectivity index (χ4n) is 2.61. The van der Waals surface area contributed by atoms with Crippen molar-refractivity contribution >= 4 is 11.9 Å². The number of aliphatic imine (C=N–C) groups is 1. The molecule has 5 nitrogen and oxygen atoms in total. The van der Waals surface area contributed by atoms with E-state index in [1.54, 1.807) is 12.1 Å². The first kappa shape index (κ1) is 19.5. The molecule has 0 bridgehead atoms. The summed E-state index contributed by atoms with van der Waals surface area (Å²) in [5, 5.41) is 9.40. The monoisotopic (exact) mass is 352 g/mol.